The molecule has 1 aromatic carbocycles. The second kappa shape index (κ2) is 4.89. The fraction of sp³-hybridized carbons (Fsp3) is 0.375. The van der Waals surface area contributed by atoms with Crippen LogP contribution in [0.1, 0.15) is 23.3 Å². The lowest BCUT2D eigenvalue weighted by Gasteiger charge is -2.11. The molecule has 1 spiro atoms. The summed E-state index contributed by atoms with van der Waals surface area (Å²) in [5, 5.41) is 13.5. The summed E-state index contributed by atoms with van der Waals surface area (Å²) in [7, 11) is 1.68. The first kappa shape index (κ1) is 14.4. The van der Waals surface area contributed by atoms with Crippen LogP contribution in [0.4, 0.5) is 0 Å². The Hall–Kier alpha value is -2.21. The predicted octanol–water partition coefficient (Wildman–Crippen LogP) is 2.99. The van der Waals surface area contributed by atoms with Crippen LogP contribution in [0.2, 0.25) is 5.02 Å². The summed E-state index contributed by atoms with van der Waals surface area (Å²) in [6, 6.07) is 5.01. The summed E-state index contributed by atoms with van der Waals surface area (Å²) in [6.07, 6.45) is 2.23. The Balaban J connectivity index is 1.76. The molecule has 2 aliphatic rings. The number of fused-ring (bicyclic) bond motifs is 1. The summed E-state index contributed by atoms with van der Waals surface area (Å²) in [6.45, 7) is 1.28. The Kier molecular flexibility index (Phi) is 3.06. The van der Waals surface area contributed by atoms with Crippen LogP contribution in [-0.4, -0.2) is 34.1 Å². The van der Waals surface area contributed by atoms with E-state index >= 15 is 0 Å². The molecular formula is C16H15ClN2O4. The van der Waals surface area contributed by atoms with Crippen LogP contribution < -0.4 is 9.47 Å². The van der Waals surface area contributed by atoms with Gasteiger partial charge in [-0.3, -0.25) is 4.68 Å². The Labute approximate surface area is 137 Å². The predicted molar refractivity (Wildman–Crippen MR) is 83.3 cm³/mol. The van der Waals surface area contributed by atoms with Crippen molar-refractivity contribution in [2.75, 3.05) is 13.2 Å². The lowest BCUT2D eigenvalue weighted by Crippen LogP contribution is -2.17. The molecule has 1 aliphatic heterocycles. The number of carboxylic acid groups (broad SMARTS) is 1. The van der Waals surface area contributed by atoms with Crippen molar-refractivity contribution in [3.63, 3.8) is 0 Å². The van der Waals surface area contributed by atoms with E-state index in [2.05, 4.69) is 5.10 Å². The highest BCUT2D eigenvalue weighted by Gasteiger charge is 2.46. The molecule has 0 unspecified atom stereocenters. The van der Waals surface area contributed by atoms with Crippen molar-refractivity contribution in [2.24, 2.45) is 12.5 Å². The number of aromatic nitrogens is 2. The van der Waals surface area contributed by atoms with E-state index in [1.54, 1.807) is 19.2 Å². The molecule has 2 heterocycles. The van der Waals surface area contributed by atoms with E-state index in [0.29, 0.717) is 41.0 Å². The third kappa shape index (κ3) is 2.43. The van der Waals surface area contributed by atoms with Gasteiger partial charge in [0.15, 0.2) is 17.2 Å². The van der Waals surface area contributed by atoms with Crippen molar-refractivity contribution in [1.29, 1.82) is 0 Å². The molecule has 1 aliphatic carbocycles. The number of benzene rings is 1. The Morgan fingerprint density at radius 3 is 2.48 bits per heavy atom. The Bertz CT molecular complexity index is 811. The fourth-order valence-electron chi connectivity index (χ4n) is 2.75. The molecular weight excluding hydrogens is 320 g/mol. The summed E-state index contributed by atoms with van der Waals surface area (Å²) >= 11 is 6.37. The van der Waals surface area contributed by atoms with E-state index in [1.165, 1.54) is 10.7 Å². The van der Waals surface area contributed by atoms with Crippen molar-refractivity contribution in [3.8, 4) is 22.8 Å². The van der Waals surface area contributed by atoms with Crippen LogP contribution in [0.3, 0.4) is 0 Å². The molecule has 120 valence electrons. The van der Waals surface area contributed by atoms with Crippen LogP contribution in [0.5, 0.6) is 11.5 Å². The van der Waals surface area contributed by atoms with Gasteiger partial charge in [0, 0.05) is 24.1 Å². The number of rotatable bonds is 2. The second-order valence-electron chi connectivity index (χ2n) is 6.20. The van der Waals surface area contributed by atoms with Crippen LogP contribution in [-0.2, 0) is 7.05 Å². The number of carboxylic acids is 1. The Morgan fingerprint density at radius 1 is 1.26 bits per heavy atom. The molecule has 23 heavy (non-hydrogen) atoms. The van der Waals surface area contributed by atoms with Gasteiger partial charge in [-0.2, -0.15) is 5.10 Å². The molecule has 0 atom stereocenters. The molecule has 7 heteroatoms. The van der Waals surface area contributed by atoms with Gasteiger partial charge in [-0.25, -0.2) is 4.79 Å². The van der Waals surface area contributed by atoms with Crippen molar-refractivity contribution in [2.45, 2.75) is 12.8 Å². The molecule has 4 rings (SSSR count). The topological polar surface area (TPSA) is 73.6 Å². The monoisotopic (exact) mass is 334 g/mol. The van der Waals surface area contributed by atoms with Gasteiger partial charge >= 0.3 is 5.97 Å². The van der Waals surface area contributed by atoms with E-state index in [1.807, 2.05) is 0 Å². The van der Waals surface area contributed by atoms with Crippen molar-refractivity contribution >= 4 is 17.6 Å². The minimum atomic E-state index is -1.08. The van der Waals surface area contributed by atoms with E-state index in [0.717, 1.165) is 12.8 Å². The molecule has 1 saturated carbocycles. The average Bonchev–Trinajstić information content (AvgIpc) is 3.22. The number of halogens is 1. The molecule has 0 saturated heterocycles. The van der Waals surface area contributed by atoms with E-state index in [-0.39, 0.29) is 11.1 Å². The third-order valence-electron chi connectivity index (χ3n) is 4.43. The lowest BCUT2D eigenvalue weighted by atomic mass is 10.1. The number of ether oxygens (including phenoxy) is 2. The minimum Gasteiger partial charge on any atom is -0.489 e. The lowest BCUT2D eigenvalue weighted by molar-refractivity contribution is 0.0689. The van der Waals surface area contributed by atoms with Crippen molar-refractivity contribution in [1.82, 2.24) is 9.78 Å². The van der Waals surface area contributed by atoms with Crippen molar-refractivity contribution < 1.29 is 19.4 Å². The zero-order chi connectivity index (χ0) is 16.2. The number of aryl methyl sites for hydroxylation is 1. The normalized spacial score (nSPS) is 17.8. The van der Waals surface area contributed by atoms with Gasteiger partial charge in [0.25, 0.3) is 0 Å². The first-order chi connectivity index (χ1) is 11.0. The van der Waals surface area contributed by atoms with Gasteiger partial charge in [-0.15, -0.1) is 0 Å². The average molecular weight is 335 g/mol. The second-order valence-corrected chi connectivity index (χ2v) is 6.61. The fourth-order valence-corrected chi connectivity index (χ4v) is 3.00. The zero-order valence-corrected chi connectivity index (χ0v) is 13.3. The van der Waals surface area contributed by atoms with E-state index in [9.17, 15) is 4.79 Å². The quantitative estimate of drug-likeness (QED) is 0.914. The van der Waals surface area contributed by atoms with Crippen LogP contribution in [0, 0.1) is 5.41 Å². The first-order valence-corrected chi connectivity index (χ1v) is 7.72. The maximum atomic E-state index is 11.1. The van der Waals surface area contributed by atoms with Gasteiger partial charge in [0.05, 0.1) is 23.9 Å². The molecule has 2 aromatic rings. The van der Waals surface area contributed by atoms with Gasteiger partial charge in [0.1, 0.15) is 0 Å². The largest absolute Gasteiger partial charge is 0.489 e. The summed E-state index contributed by atoms with van der Waals surface area (Å²) in [5.74, 6) is 0.183. The molecule has 1 aromatic heterocycles. The van der Waals surface area contributed by atoms with Gasteiger partial charge < -0.3 is 14.6 Å². The van der Waals surface area contributed by atoms with Gasteiger partial charge in [-0.05, 0) is 25.0 Å². The number of hydrogen-bond donors (Lipinski definition) is 1. The third-order valence-corrected chi connectivity index (χ3v) is 4.75. The highest BCUT2D eigenvalue weighted by atomic mass is 35.5. The molecule has 1 N–H and O–H groups in total. The maximum absolute atomic E-state index is 11.1. The number of carbonyl (C=O) groups is 1. The molecule has 0 bridgehead atoms. The van der Waals surface area contributed by atoms with Crippen LogP contribution in [0.15, 0.2) is 18.2 Å². The highest BCUT2D eigenvalue weighted by Crippen LogP contribution is 2.50. The van der Waals surface area contributed by atoms with Gasteiger partial charge in [-0.1, -0.05) is 11.6 Å². The minimum absolute atomic E-state index is 0.0254. The number of nitrogens with zero attached hydrogens (tertiary/aromatic N) is 2. The summed E-state index contributed by atoms with van der Waals surface area (Å²) in [4.78, 5) is 11.1. The maximum Gasteiger partial charge on any atom is 0.356 e. The smallest absolute Gasteiger partial charge is 0.356 e. The summed E-state index contributed by atoms with van der Waals surface area (Å²) < 4.78 is 13.3. The summed E-state index contributed by atoms with van der Waals surface area (Å²) in [5.41, 5.74) is 1.41. The standard InChI is InChI=1S/C16H15ClN2O4/c1-19-12(6-11(18-19)15(20)21)9-4-13-14(5-10(9)17)23-8-16(2-3-16)7-22-13/h4-6H,2-3,7-8H2,1H3,(H,20,21). The zero-order valence-electron chi connectivity index (χ0n) is 12.5. The van der Waals surface area contributed by atoms with E-state index < -0.39 is 5.97 Å². The first-order valence-electron chi connectivity index (χ1n) is 7.34. The highest BCUT2D eigenvalue weighted by molar-refractivity contribution is 6.33. The molecule has 1 fully saturated rings. The van der Waals surface area contributed by atoms with Crippen LogP contribution in [0.25, 0.3) is 11.3 Å². The SMILES string of the molecule is Cn1nc(C(=O)O)cc1-c1cc2c(cc1Cl)OCC1(CC1)CO2. The van der Waals surface area contributed by atoms with Crippen LogP contribution >= 0.6 is 11.6 Å². The van der Waals surface area contributed by atoms with E-state index in [4.69, 9.17) is 26.2 Å². The molecule has 6 nitrogen and oxygen atoms in total. The number of aromatic carboxylic acids is 1. The molecule has 0 radical (unpaired) electrons. The Morgan fingerprint density at radius 2 is 1.91 bits per heavy atom. The number of hydrogen-bond acceptors (Lipinski definition) is 4. The molecule has 0 amide bonds. The van der Waals surface area contributed by atoms with Crippen molar-refractivity contribution in [3.05, 3.63) is 28.9 Å². The van der Waals surface area contributed by atoms with Gasteiger partial charge in [0.2, 0.25) is 0 Å².